The molecule has 9 heteroatoms. The summed E-state index contributed by atoms with van der Waals surface area (Å²) in [6.45, 7) is 3.99. The molecular weight excluding hydrogens is 457 g/mol. The van der Waals surface area contributed by atoms with Gasteiger partial charge in [-0.05, 0) is 62.2 Å². The van der Waals surface area contributed by atoms with Crippen molar-refractivity contribution >= 4 is 28.2 Å². The Bertz CT molecular complexity index is 1440. The smallest absolute Gasteiger partial charge is 0.251 e. The second-order valence-electron chi connectivity index (χ2n) is 8.95. The number of piperidine rings is 1. The lowest BCUT2D eigenvalue weighted by Crippen LogP contribution is -2.42. The predicted molar refractivity (Wildman–Crippen MR) is 140 cm³/mol. The molecule has 0 saturated carbocycles. The van der Waals surface area contributed by atoms with Gasteiger partial charge in [0.05, 0.1) is 28.8 Å². The number of carbonyl (C=O) groups is 1. The zero-order valence-corrected chi connectivity index (χ0v) is 20.0. The van der Waals surface area contributed by atoms with Crippen molar-refractivity contribution in [2.24, 2.45) is 5.73 Å². The Morgan fingerprint density at radius 1 is 1.17 bits per heavy atom. The number of rotatable bonds is 5. The van der Waals surface area contributed by atoms with Crippen molar-refractivity contribution in [3.8, 4) is 22.6 Å². The number of aromatic nitrogens is 3. The molecule has 0 radical (unpaired) electrons. The Morgan fingerprint density at radius 3 is 2.83 bits per heavy atom. The van der Waals surface area contributed by atoms with Crippen LogP contribution < -0.4 is 21.7 Å². The third-order valence-corrected chi connectivity index (χ3v) is 6.41. The van der Waals surface area contributed by atoms with E-state index in [9.17, 15) is 9.18 Å². The topological polar surface area (TPSA) is 123 Å². The summed E-state index contributed by atoms with van der Waals surface area (Å²) in [6.07, 6.45) is 5.51. The van der Waals surface area contributed by atoms with Crippen molar-refractivity contribution in [2.45, 2.75) is 25.8 Å². The van der Waals surface area contributed by atoms with Crippen LogP contribution in [0.3, 0.4) is 0 Å². The molecule has 3 aromatic heterocycles. The molecule has 36 heavy (non-hydrogen) atoms. The van der Waals surface area contributed by atoms with Gasteiger partial charge in [0.1, 0.15) is 11.5 Å². The van der Waals surface area contributed by atoms with Crippen molar-refractivity contribution < 1.29 is 9.18 Å². The number of halogens is 1. The quantitative estimate of drug-likeness (QED) is 0.393. The Hall–Kier alpha value is -4.11. The molecule has 0 spiro atoms. The molecule has 1 fully saturated rings. The number of nitrogens with one attached hydrogen (secondary N) is 1. The highest BCUT2D eigenvalue weighted by Crippen LogP contribution is 2.33. The number of nitrogens with two attached hydrogens (primary N) is 2. The molecule has 1 saturated heterocycles. The highest BCUT2D eigenvalue weighted by atomic mass is 19.1. The minimum atomic E-state index is -0.481. The molecule has 1 amide bonds. The third-order valence-electron chi connectivity index (χ3n) is 6.41. The number of nitrogens with zero attached hydrogens (tertiary/aromatic N) is 4. The Kier molecular flexibility index (Phi) is 6.47. The lowest BCUT2D eigenvalue weighted by atomic mass is 10.0. The van der Waals surface area contributed by atoms with E-state index in [2.05, 4.69) is 25.2 Å². The van der Waals surface area contributed by atoms with Crippen LogP contribution in [0.25, 0.3) is 33.5 Å². The van der Waals surface area contributed by atoms with Gasteiger partial charge in [-0.3, -0.25) is 14.8 Å². The summed E-state index contributed by atoms with van der Waals surface area (Å²) >= 11 is 0. The monoisotopic (exact) mass is 485 g/mol. The largest absolute Gasteiger partial charge is 0.397 e. The van der Waals surface area contributed by atoms with Crippen molar-refractivity contribution in [1.82, 2.24) is 20.3 Å². The average molecular weight is 486 g/mol. The van der Waals surface area contributed by atoms with E-state index in [1.807, 2.05) is 19.1 Å². The first-order valence-electron chi connectivity index (χ1n) is 12.0. The molecule has 8 nitrogen and oxygen atoms in total. The number of carbonyl (C=O) groups excluding carboxylic acids is 1. The number of amides is 1. The van der Waals surface area contributed by atoms with Crippen LogP contribution in [0.2, 0.25) is 0 Å². The minimum Gasteiger partial charge on any atom is -0.397 e. The fourth-order valence-electron chi connectivity index (χ4n) is 4.62. The van der Waals surface area contributed by atoms with Crippen LogP contribution in [0.4, 0.5) is 15.8 Å². The molecule has 1 atom stereocenters. The summed E-state index contributed by atoms with van der Waals surface area (Å²) in [5.41, 5.74) is 16.6. The van der Waals surface area contributed by atoms with Crippen molar-refractivity contribution in [2.75, 3.05) is 30.3 Å². The Balaban J connectivity index is 1.58. The van der Waals surface area contributed by atoms with E-state index in [0.29, 0.717) is 34.9 Å². The molecule has 1 aromatic carbocycles. The number of nitrogen functional groups attached to an aromatic ring is 1. The van der Waals surface area contributed by atoms with Crippen LogP contribution in [0.1, 0.15) is 30.1 Å². The van der Waals surface area contributed by atoms with Gasteiger partial charge in [0.25, 0.3) is 5.91 Å². The third kappa shape index (κ3) is 4.57. The normalized spacial score (nSPS) is 15.8. The highest BCUT2D eigenvalue weighted by molar-refractivity contribution is 5.96. The maximum absolute atomic E-state index is 14.8. The van der Waals surface area contributed by atoms with Crippen LogP contribution in [-0.2, 0) is 0 Å². The number of pyridine rings is 3. The first-order chi connectivity index (χ1) is 17.4. The van der Waals surface area contributed by atoms with Crippen LogP contribution in [0.5, 0.6) is 0 Å². The van der Waals surface area contributed by atoms with E-state index in [0.717, 1.165) is 42.5 Å². The predicted octanol–water partition coefficient (Wildman–Crippen LogP) is 3.76. The zero-order chi connectivity index (χ0) is 25.2. The minimum absolute atomic E-state index is 0.127. The summed E-state index contributed by atoms with van der Waals surface area (Å²) < 4.78 is 14.8. The SMILES string of the molecule is CCNC(=O)c1ccc(F)c(-c2ccc(N)c(-c3cc4c(N5CCCC(N)C5)ccnc4cn3)n2)c1. The van der Waals surface area contributed by atoms with Gasteiger partial charge in [0.2, 0.25) is 0 Å². The number of benzene rings is 1. The van der Waals surface area contributed by atoms with E-state index in [1.54, 1.807) is 24.5 Å². The molecular formula is C27H28FN7O. The summed E-state index contributed by atoms with van der Waals surface area (Å²) in [5.74, 6) is -0.756. The van der Waals surface area contributed by atoms with Crippen LogP contribution in [0, 0.1) is 5.82 Å². The van der Waals surface area contributed by atoms with E-state index < -0.39 is 5.82 Å². The highest BCUT2D eigenvalue weighted by Gasteiger charge is 2.20. The molecule has 4 heterocycles. The lowest BCUT2D eigenvalue weighted by molar-refractivity contribution is 0.0956. The van der Waals surface area contributed by atoms with E-state index in [-0.39, 0.29) is 17.5 Å². The molecule has 5 rings (SSSR count). The van der Waals surface area contributed by atoms with Gasteiger partial charge < -0.3 is 21.7 Å². The van der Waals surface area contributed by atoms with Crippen molar-refractivity contribution in [1.29, 1.82) is 0 Å². The zero-order valence-electron chi connectivity index (χ0n) is 20.0. The van der Waals surface area contributed by atoms with Crippen LogP contribution in [-0.4, -0.2) is 46.5 Å². The van der Waals surface area contributed by atoms with E-state index >= 15 is 0 Å². The second kappa shape index (κ2) is 9.87. The van der Waals surface area contributed by atoms with Gasteiger partial charge >= 0.3 is 0 Å². The fourth-order valence-corrected chi connectivity index (χ4v) is 4.62. The summed E-state index contributed by atoms with van der Waals surface area (Å²) in [5, 5.41) is 3.65. The standard InChI is InChI=1S/C27H28FN7O/c1-2-31-27(36)16-5-6-20(28)18(12-16)22-8-7-21(30)26(34-22)23-13-19-24(14-33-23)32-10-9-25(19)35-11-3-4-17(29)15-35/h5-10,12-14,17H,2-4,11,15,29-30H2,1H3,(H,31,36). The molecule has 1 unspecified atom stereocenters. The first kappa shape index (κ1) is 23.6. The number of hydrogen-bond acceptors (Lipinski definition) is 7. The molecule has 4 aromatic rings. The van der Waals surface area contributed by atoms with Gasteiger partial charge in [-0.1, -0.05) is 0 Å². The first-order valence-corrected chi connectivity index (χ1v) is 12.0. The maximum atomic E-state index is 14.8. The van der Waals surface area contributed by atoms with Gasteiger partial charge in [0, 0.05) is 54.1 Å². The Labute approximate surface area is 208 Å². The van der Waals surface area contributed by atoms with Crippen molar-refractivity contribution in [3.05, 3.63) is 66.2 Å². The fraction of sp³-hybridized carbons (Fsp3) is 0.259. The van der Waals surface area contributed by atoms with Gasteiger partial charge in [0.15, 0.2) is 0 Å². The van der Waals surface area contributed by atoms with Gasteiger partial charge in [-0.25, -0.2) is 9.37 Å². The van der Waals surface area contributed by atoms with Crippen molar-refractivity contribution in [3.63, 3.8) is 0 Å². The van der Waals surface area contributed by atoms with Crippen LogP contribution in [0.15, 0.2) is 54.9 Å². The summed E-state index contributed by atoms with van der Waals surface area (Å²) in [7, 11) is 0. The van der Waals surface area contributed by atoms with E-state index in [1.165, 1.54) is 18.2 Å². The van der Waals surface area contributed by atoms with Crippen LogP contribution >= 0.6 is 0 Å². The molecule has 0 aliphatic carbocycles. The van der Waals surface area contributed by atoms with E-state index in [4.69, 9.17) is 11.5 Å². The summed E-state index contributed by atoms with van der Waals surface area (Å²) in [4.78, 5) is 28.3. The van der Waals surface area contributed by atoms with Gasteiger partial charge in [-0.2, -0.15) is 0 Å². The molecule has 1 aliphatic heterocycles. The lowest BCUT2D eigenvalue weighted by Gasteiger charge is -2.33. The molecule has 1 aliphatic rings. The maximum Gasteiger partial charge on any atom is 0.251 e. The Morgan fingerprint density at radius 2 is 2.03 bits per heavy atom. The summed E-state index contributed by atoms with van der Waals surface area (Å²) in [6, 6.07) is 11.6. The number of anilines is 2. The number of fused-ring (bicyclic) bond motifs is 1. The van der Waals surface area contributed by atoms with Gasteiger partial charge in [-0.15, -0.1) is 0 Å². The average Bonchev–Trinajstić information content (AvgIpc) is 2.89. The number of hydrogen-bond donors (Lipinski definition) is 3. The second-order valence-corrected chi connectivity index (χ2v) is 8.95. The molecule has 5 N–H and O–H groups in total. The molecule has 184 valence electrons. The molecule has 0 bridgehead atoms.